The van der Waals surface area contributed by atoms with Crippen LogP contribution in [0.25, 0.3) is 6.08 Å². The molecular weight excluding hydrogens is 620 g/mol. The van der Waals surface area contributed by atoms with Gasteiger partial charge in [-0.1, -0.05) is 42.0 Å². The Morgan fingerprint density at radius 2 is 1.77 bits per heavy atom. The molecular formula is C34H40N6O6S. The summed E-state index contributed by atoms with van der Waals surface area (Å²) in [5, 5.41) is 31.2. The van der Waals surface area contributed by atoms with Crippen molar-refractivity contribution in [2.45, 2.75) is 71.8 Å². The number of nitriles is 1. The summed E-state index contributed by atoms with van der Waals surface area (Å²) in [5.41, 5.74) is 1.77. The first-order valence-electron chi connectivity index (χ1n) is 14.9. The molecule has 12 nitrogen and oxygen atoms in total. The smallest absolute Gasteiger partial charge is 0.263 e. The van der Waals surface area contributed by atoms with Gasteiger partial charge in [-0.2, -0.15) is 5.26 Å². The van der Waals surface area contributed by atoms with E-state index in [4.69, 9.17) is 4.74 Å². The van der Waals surface area contributed by atoms with Crippen LogP contribution in [0.2, 0.25) is 0 Å². The lowest BCUT2D eigenvalue weighted by Gasteiger charge is -2.24. The Balaban J connectivity index is 1.79. The average Bonchev–Trinajstić information content (AvgIpc) is 3.45. The van der Waals surface area contributed by atoms with Gasteiger partial charge in [0.1, 0.15) is 41.0 Å². The van der Waals surface area contributed by atoms with Crippen molar-refractivity contribution in [1.29, 1.82) is 5.26 Å². The van der Waals surface area contributed by atoms with Gasteiger partial charge in [0, 0.05) is 12.1 Å². The summed E-state index contributed by atoms with van der Waals surface area (Å²) in [4.78, 5) is 56.3. The summed E-state index contributed by atoms with van der Waals surface area (Å²) in [7, 11) is 0. The van der Waals surface area contributed by atoms with Crippen molar-refractivity contribution in [3.05, 3.63) is 86.9 Å². The van der Waals surface area contributed by atoms with Crippen molar-refractivity contribution < 1.29 is 29.0 Å². The molecule has 13 heteroatoms. The Hall–Kier alpha value is -5.06. The van der Waals surface area contributed by atoms with E-state index in [2.05, 4.69) is 26.3 Å². The molecule has 0 spiro atoms. The molecule has 1 heterocycles. The number of hydrogen-bond donors (Lipinski definition) is 5. The lowest BCUT2D eigenvalue weighted by Crippen LogP contribution is -2.58. The van der Waals surface area contributed by atoms with Crippen LogP contribution < -0.4 is 26.0 Å². The van der Waals surface area contributed by atoms with Crippen LogP contribution in [-0.4, -0.2) is 64.1 Å². The lowest BCUT2D eigenvalue weighted by atomic mass is 10.1. The van der Waals surface area contributed by atoms with E-state index in [1.165, 1.54) is 19.2 Å². The van der Waals surface area contributed by atoms with E-state index in [0.717, 1.165) is 22.5 Å². The molecule has 0 aliphatic carbocycles. The third-order valence-corrected chi connectivity index (χ3v) is 7.47. The molecule has 5 N–H and O–H groups in total. The molecule has 0 aliphatic rings. The molecule has 0 unspecified atom stereocenters. The van der Waals surface area contributed by atoms with Crippen molar-refractivity contribution in [2.75, 3.05) is 6.61 Å². The molecule has 1 aromatic heterocycles. The van der Waals surface area contributed by atoms with Gasteiger partial charge in [0.25, 0.3) is 11.8 Å². The number of thiazole rings is 1. The zero-order valence-corrected chi connectivity index (χ0v) is 28.0. The highest BCUT2D eigenvalue weighted by Crippen LogP contribution is 2.17. The number of carbonyl (C=O) groups excluding carboxylic acids is 4. The number of rotatable bonds is 13. The molecule has 248 valence electrons. The fraction of sp³-hybridized carbons (Fsp3) is 0.353. The monoisotopic (exact) mass is 660 g/mol. The minimum atomic E-state index is -1.38. The van der Waals surface area contributed by atoms with E-state index >= 15 is 0 Å². The van der Waals surface area contributed by atoms with E-state index in [9.17, 15) is 29.5 Å². The van der Waals surface area contributed by atoms with Crippen LogP contribution in [0.3, 0.4) is 0 Å². The van der Waals surface area contributed by atoms with E-state index in [0.29, 0.717) is 16.3 Å². The number of aliphatic hydroxyl groups excluding tert-OH is 1. The summed E-state index contributed by atoms with van der Waals surface area (Å²) in [6.45, 7) is 10.3. The zero-order valence-electron chi connectivity index (χ0n) is 27.2. The molecule has 0 aliphatic heterocycles. The van der Waals surface area contributed by atoms with Crippen LogP contribution in [0.15, 0.2) is 60.3 Å². The van der Waals surface area contributed by atoms with Crippen molar-refractivity contribution in [1.82, 2.24) is 26.3 Å². The van der Waals surface area contributed by atoms with Gasteiger partial charge in [-0.05, 0) is 70.9 Å². The number of nitrogens with one attached hydrogen (secondary N) is 4. The number of benzene rings is 2. The fourth-order valence-electron chi connectivity index (χ4n) is 4.14. The van der Waals surface area contributed by atoms with Crippen LogP contribution in [0, 0.1) is 25.2 Å². The molecule has 0 fully saturated rings. The minimum absolute atomic E-state index is 0.0996. The van der Waals surface area contributed by atoms with Crippen molar-refractivity contribution in [2.24, 2.45) is 0 Å². The minimum Gasteiger partial charge on any atom is -0.491 e. The molecule has 3 aromatic rings. The normalized spacial score (nSPS) is 13.4. The van der Waals surface area contributed by atoms with Gasteiger partial charge in [-0.15, -0.1) is 11.3 Å². The average molecular weight is 661 g/mol. The van der Waals surface area contributed by atoms with Gasteiger partial charge >= 0.3 is 0 Å². The molecule has 3 atom stereocenters. The largest absolute Gasteiger partial charge is 0.491 e. The number of hydrogen-bond acceptors (Lipinski definition) is 9. The van der Waals surface area contributed by atoms with Crippen LogP contribution in [0.4, 0.5) is 0 Å². The lowest BCUT2D eigenvalue weighted by molar-refractivity contribution is -0.132. The predicted octanol–water partition coefficient (Wildman–Crippen LogP) is 2.94. The van der Waals surface area contributed by atoms with Crippen LogP contribution in [-0.2, 0) is 20.9 Å². The summed E-state index contributed by atoms with van der Waals surface area (Å²) in [6, 6.07) is 13.4. The Kier molecular flexibility index (Phi) is 12.8. The highest BCUT2D eigenvalue weighted by atomic mass is 32.1. The number of ether oxygens (including phenoxy) is 1. The fourth-order valence-corrected chi connectivity index (χ4v) is 4.82. The second kappa shape index (κ2) is 16.5. The van der Waals surface area contributed by atoms with Crippen molar-refractivity contribution in [3.63, 3.8) is 0 Å². The summed E-state index contributed by atoms with van der Waals surface area (Å²) < 4.78 is 5.90. The van der Waals surface area contributed by atoms with Gasteiger partial charge in [-0.25, -0.2) is 4.98 Å². The maximum Gasteiger partial charge on any atom is 0.263 e. The molecule has 2 aromatic carbocycles. The number of nitrogens with zero attached hydrogens (tertiary/aromatic N) is 2. The number of aryl methyl sites for hydroxylation is 2. The Labute approximate surface area is 278 Å². The number of aromatic nitrogens is 1. The molecule has 0 saturated heterocycles. The predicted molar refractivity (Wildman–Crippen MR) is 178 cm³/mol. The van der Waals surface area contributed by atoms with E-state index in [1.807, 2.05) is 37.3 Å². The molecule has 0 bridgehead atoms. The first-order valence-corrected chi connectivity index (χ1v) is 15.7. The summed E-state index contributed by atoms with van der Waals surface area (Å²) >= 11 is 1.14. The number of amides is 4. The second-order valence-electron chi connectivity index (χ2n) is 12.0. The van der Waals surface area contributed by atoms with Crippen LogP contribution in [0.5, 0.6) is 5.75 Å². The standard InChI is InChI=1S/C34H40N6O6S/c1-20-10-12-23(13-11-20)17-37-31(43)27(38-33(45)29(21(2)41)39-32(44)28-18-36-22(3)47-28)19-46-26-9-7-8-24(15-26)14-25(16-35)30(42)40-34(4,5)6/h7-15,18,21,27,29,41H,17,19H2,1-6H3,(H,37,43)(H,38,45)(H,39,44)(H,40,42)/b25-14+/t21-,27+,29+/m1/s1. The van der Waals surface area contributed by atoms with E-state index in [1.54, 1.807) is 52.0 Å². The Bertz CT molecular complexity index is 1650. The van der Waals surface area contributed by atoms with E-state index in [-0.39, 0.29) is 23.6 Å². The zero-order chi connectivity index (χ0) is 34.7. The topological polar surface area (TPSA) is 183 Å². The van der Waals surface area contributed by atoms with E-state index < -0.39 is 47.4 Å². The molecule has 47 heavy (non-hydrogen) atoms. The third-order valence-electron chi connectivity index (χ3n) is 6.56. The maximum atomic E-state index is 13.4. The number of aliphatic hydroxyl groups is 1. The van der Waals surface area contributed by atoms with Gasteiger partial charge < -0.3 is 31.1 Å². The van der Waals surface area contributed by atoms with Crippen molar-refractivity contribution >= 4 is 41.0 Å². The molecule has 4 amide bonds. The highest BCUT2D eigenvalue weighted by molar-refractivity contribution is 7.13. The summed E-state index contributed by atoms with van der Waals surface area (Å²) in [5.74, 6) is -2.17. The third kappa shape index (κ3) is 11.7. The van der Waals surface area contributed by atoms with Crippen LogP contribution in [0.1, 0.15) is 59.1 Å². The first kappa shape index (κ1) is 36.4. The maximum absolute atomic E-state index is 13.4. The van der Waals surface area contributed by atoms with Gasteiger partial charge in [0.2, 0.25) is 11.8 Å². The molecule has 3 rings (SSSR count). The highest BCUT2D eigenvalue weighted by Gasteiger charge is 2.31. The van der Waals surface area contributed by atoms with Gasteiger partial charge in [-0.3, -0.25) is 19.2 Å². The molecule has 0 saturated carbocycles. The first-order chi connectivity index (χ1) is 22.1. The Morgan fingerprint density at radius 1 is 1.06 bits per heavy atom. The summed E-state index contributed by atoms with van der Waals surface area (Å²) in [6.07, 6.45) is 1.50. The van der Waals surface area contributed by atoms with Gasteiger partial charge in [0.05, 0.1) is 17.3 Å². The molecule has 0 radical (unpaired) electrons. The second-order valence-corrected chi connectivity index (χ2v) is 13.2. The number of carbonyl (C=O) groups is 4. The quantitative estimate of drug-likeness (QED) is 0.137. The van der Waals surface area contributed by atoms with Gasteiger partial charge in [0.15, 0.2) is 0 Å². The SMILES string of the molecule is Cc1ccc(CNC(=O)[C@H](COc2cccc(/C=C(\C#N)C(=O)NC(C)(C)C)c2)NC(=O)[C@@H](NC(=O)c2cnc(C)s2)[C@@H](C)O)cc1. The van der Waals surface area contributed by atoms with Crippen LogP contribution >= 0.6 is 11.3 Å². The van der Waals surface area contributed by atoms with Crippen molar-refractivity contribution in [3.8, 4) is 11.8 Å². The Morgan fingerprint density at radius 3 is 2.36 bits per heavy atom.